The molecule has 0 saturated heterocycles. The molecule has 2 aliphatic rings. The molecule has 0 atom stereocenters. The van der Waals surface area contributed by atoms with E-state index in [1.54, 1.807) is 0 Å². The molecular weight excluding hydrogens is 317 g/mol. The Balaban J connectivity index is 1.88. The maximum atomic E-state index is 6.43. The molecule has 1 N–H and O–H groups in total. The summed E-state index contributed by atoms with van der Waals surface area (Å²) < 4.78 is 1.97. The molecule has 0 unspecified atom stereocenters. The van der Waals surface area contributed by atoms with Gasteiger partial charge >= 0.3 is 0 Å². The zero-order chi connectivity index (χ0) is 15.1. The molecular formula is C17H19Cl2N3. The summed E-state index contributed by atoms with van der Waals surface area (Å²) >= 11 is 12.6. The predicted octanol–water partition coefficient (Wildman–Crippen LogP) is 5.19. The van der Waals surface area contributed by atoms with Gasteiger partial charge in [-0.15, -0.1) is 0 Å². The monoisotopic (exact) mass is 335 g/mol. The molecule has 0 spiro atoms. The number of rotatable bonds is 2. The number of fused-ring (bicyclic) bond motifs is 1. The third-order valence-corrected chi connectivity index (χ3v) is 5.62. The van der Waals surface area contributed by atoms with Gasteiger partial charge in [0.1, 0.15) is 5.82 Å². The first-order chi connectivity index (χ1) is 10.8. The van der Waals surface area contributed by atoms with Crippen molar-refractivity contribution in [1.82, 2.24) is 9.78 Å². The number of benzene rings is 1. The summed E-state index contributed by atoms with van der Waals surface area (Å²) in [6.07, 6.45) is 7.35. The van der Waals surface area contributed by atoms with E-state index in [-0.39, 0.29) is 0 Å². The Hall–Kier alpha value is -1.19. The first kappa shape index (κ1) is 14.4. The lowest BCUT2D eigenvalue weighted by molar-refractivity contribution is 0.406. The maximum Gasteiger partial charge on any atom is 0.133 e. The predicted molar refractivity (Wildman–Crippen MR) is 91.6 cm³/mol. The van der Waals surface area contributed by atoms with Crippen LogP contribution in [0.15, 0.2) is 18.2 Å². The van der Waals surface area contributed by atoms with Gasteiger partial charge in [0.05, 0.1) is 21.4 Å². The first-order valence-electron chi connectivity index (χ1n) is 8.06. The van der Waals surface area contributed by atoms with Crippen LogP contribution in [0.25, 0.3) is 5.69 Å². The lowest BCUT2D eigenvalue weighted by Gasteiger charge is -2.24. The van der Waals surface area contributed by atoms with Gasteiger partial charge < -0.3 is 5.32 Å². The third kappa shape index (κ3) is 2.31. The van der Waals surface area contributed by atoms with Crippen LogP contribution in [0.3, 0.4) is 0 Å². The maximum absolute atomic E-state index is 6.43. The highest BCUT2D eigenvalue weighted by atomic mass is 35.5. The molecule has 1 saturated carbocycles. The molecule has 1 aromatic heterocycles. The summed E-state index contributed by atoms with van der Waals surface area (Å²) in [5.74, 6) is 1.73. The van der Waals surface area contributed by atoms with Crippen molar-refractivity contribution in [3.05, 3.63) is 39.5 Å². The van der Waals surface area contributed by atoms with Gasteiger partial charge in [0.25, 0.3) is 0 Å². The van der Waals surface area contributed by atoms with Crippen molar-refractivity contribution >= 4 is 29.0 Å². The quantitative estimate of drug-likeness (QED) is 0.817. The number of hydrogen-bond acceptors (Lipinski definition) is 2. The molecule has 0 bridgehead atoms. The summed E-state index contributed by atoms with van der Waals surface area (Å²) in [6, 6.07) is 5.73. The fourth-order valence-corrected chi connectivity index (χ4v) is 3.74. The lowest BCUT2D eigenvalue weighted by Crippen LogP contribution is -2.12. The van der Waals surface area contributed by atoms with Gasteiger partial charge in [-0.1, -0.05) is 35.7 Å². The van der Waals surface area contributed by atoms with E-state index in [9.17, 15) is 0 Å². The minimum absolute atomic E-state index is 0.570. The topological polar surface area (TPSA) is 29.9 Å². The second-order valence-electron chi connectivity index (χ2n) is 6.21. The van der Waals surface area contributed by atoms with Crippen LogP contribution in [-0.2, 0) is 6.42 Å². The van der Waals surface area contributed by atoms with Gasteiger partial charge in [-0.05, 0) is 44.2 Å². The fourth-order valence-electron chi connectivity index (χ4n) is 3.37. The van der Waals surface area contributed by atoms with Crippen molar-refractivity contribution in [1.29, 1.82) is 0 Å². The van der Waals surface area contributed by atoms with E-state index in [2.05, 4.69) is 5.32 Å². The van der Waals surface area contributed by atoms with E-state index >= 15 is 0 Å². The minimum atomic E-state index is 0.570. The summed E-state index contributed by atoms with van der Waals surface area (Å²) in [5.41, 5.74) is 3.52. The number of anilines is 1. The standard InChI is InChI=1S/C17H19Cl2N3/c18-13-8-4-9-14(15(13)19)22-17-12(7-1-2-10-20-17)16(21-22)11-5-3-6-11/h4,8-9,11,20H,1-3,5-7,10H2. The summed E-state index contributed by atoms with van der Waals surface area (Å²) in [5, 5.41) is 9.64. The Morgan fingerprint density at radius 2 is 2.00 bits per heavy atom. The van der Waals surface area contributed by atoms with Gasteiger partial charge in [-0.25, -0.2) is 4.68 Å². The minimum Gasteiger partial charge on any atom is -0.370 e. The molecule has 4 rings (SSSR count). The Kier molecular flexibility index (Phi) is 3.79. The molecule has 0 radical (unpaired) electrons. The zero-order valence-corrected chi connectivity index (χ0v) is 13.9. The molecule has 1 fully saturated rings. The van der Waals surface area contributed by atoms with Gasteiger partial charge in [-0.2, -0.15) is 5.10 Å². The number of nitrogens with zero attached hydrogens (tertiary/aromatic N) is 2. The summed E-state index contributed by atoms with van der Waals surface area (Å²) in [6.45, 7) is 0.987. The second-order valence-corrected chi connectivity index (χ2v) is 6.99. The van der Waals surface area contributed by atoms with Crippen LogP contribution in [0, 0.1) is 0 Å². The van der Waals surface area contributed by atoms with Crippen molar-refractivity contribution in [3.8, 4) is 5.69 Å². The van der Waals surface area contributed by atoms with Crippen molar-refractivity contribution in [2.24, 2.45) is 0 Å². The van der Waals surface area contributed by atoms with Crippen molar-refractivity contribution in [2.45, 2.75) is 44.4 Å². The molecule has 1 aromatic carbocycles. The number of aromatic nitrogens is 2. The molecule has 3 nitrogen and oxygen atoms in total. The molecule has 5 heteroatoms. The second kappa shape index (κ2) is 5.78. The fraction of sp³-hybridized carbons (Fsp3) is 0.471. The van der Waals surface area contributed by atoms with E-state index in [1.165, 1.54) is 43.4 Å². The Bertz CT molecular complexity index is 704. The molecule has 0 amide bonds. The molecule has 116 valence electrons. The largest absolute Gasteiger partial charge is 0.370 e. The Morgan fingerprint density at radius 1 is 1.14 bits per heavy atom. The van der Waals surface area contributed by atoms with Gasteiger partial charge in [0.2, 0.25) is 0 Å². The highest BCUT2D eigenvalue weighted by Gasteiger charge is 2.29. The molecule has 1 aliphatic heterocycles. The molecule has 1 aliphatic carbocycles. The van der Waals surface area contributed by atoms with Crippen molar-refractivity contribution in [3.63, 3.8) is 0 Å². The van der Waals surface area contributed by atoms with Gasteiger partial charge in [0, 0.05) is 18.0 Å². The first-order valence-corrected chi connectivity index (χ1v) is 8.81. The number of nitrogens with one attached hydrogen (secondary N) is 1. The molecule has 2 heterocycles. The van der Waals surface area contributed by atoms with Crippen LogP contribution in [0.5, 0.6) is 0 Å². The SMILES string of the molecule is Clc1cccc(-n2nc(C3CCC3)c3c2NCCCC3)c1Cl. The molecule has 2 aromatic rings. The van der Waals surface area contributed by atoms with E-state index in [4.69, 9.17) is 28.3 Å². The van der Waals surface area contributed by atoms with Crippen molar-refractivity contribution < 1.29 is 0 Å². The van der Waals surface area contributed by atoms with E-state index < -0.39 is 0 Å². The Labute approximate surface area is 140 Å². The average molecular weight is 336 g/mol. The average Bonchev–Trinajstić information content (AvgIpc) is 2.66. The van der Waals surface area contributed by atoms with E-state index in [0.29, 0.717) is 16.0 Å². The highest BCUT2D eigenvalue weighted by molar-refractivity contribution is 6.43. The van der Waals surface area contributed by atoms with E-state index in [0.717, 1.165) is 24.5 Å². The van der Waals surface area contributed by atoms with Gasteiger partial charge in [0.15, 0.2) is 0 Å². The van der Waals surface area contributed by atoms with Crippen molar-refractivity contribution in [2.75, 3.05) is 11.9 Å². The van der Waals surface area contributed by atoms with Gasteiger partial charge in [-0.3, -0.25) is 0 Å². The Morgan fingerprint density at radius 3 is 2.77 bits per heavy atom. The summed E-state index contributed by atoms with van der Waals surface area (Å²) in [7, 11) is 0. The number of halogens is 2. The summed E-state index contributed by atoms with van der Waals surface area (Å²) in [4.78, 5) is 0. The van der Waals surface area contributed by atoms with Crippen LogP contribution < -0.4 is 5.32 Å². The lowest BCUT2D eigenvalue weighted by atomic mass is 9.81. The third-order valence-electron chi connectivity index (χ3n) is 4.81. The van der Waals surface area contributed by atoms with Crippen LogP contribution in [-0.4, -0.2) is 16.3 Å². The van der Waals surface area contributed by atoms with Crippen LogP contribution >= 0.6 is 23.2 Å². The smallest absolute Gasteiger partial charge is 0.133 e. The van der Waals surface area contributed by atoms with Crippen LogP contribution in [0.2, 0.25) is 10.0 Å². The highest BCUT2D eigenvalue weighted by Crippen LogP contribution is 2.42. The zero-order valence-electron chi connectivity index (χ0n) is 12.4. The van der Waals surface area contributed by atoms with Crippen LogP contribution in [0.4, 0.5) is 5.82 Å². The number of hydrogen-bond donors (Lipinski definition) is 1. The normalized spacial score (nSPS) is 18.3. The van der Waals surface area contributed by atoms with Crippen LogP contribution in [0.1, 0.15) is 49.3 Å². The molecule has 22 heavy (non-hydrogen) atoms. The van der Waals surface area contributed by atoms with E-state index in [1.807, 2.05) is 22.9 Å².